The zero-order valence-electron chi connectivity index (χ0n) is 14.9. The van der Waals surface area contributed by atoms with Crippen molar-refractivity contribution in [1.29, 1.82) is 0 Å². The maximum Gasteiger partial charge on any atom is 0.251 e. The van der Waals surface area contributed by atoms with Crippen LogP contribution in [0.5, 0.6) is 0 Å². The number of pyridine rings is 1. The van der Waals surface area contributed by atoms with E-state index < -0.39 is 11.7 Å². The fourth-order valence-electron chi connectivity index (χ4n) is 2.34. The van der Waals surface area contributed by atoms with E-state index in [4.69, 9.17) is 0 Å². The number of hydrogen-bond acceptors (Lipinski definition) is 4. The first-order valence-electron chi connectivity index (χ1n) is 8.56. The molecule has 1 heterocycles. The van der Waals surface area contributed by atoms with E-state index in [9.17, 15) is 14.0 Å². The summed E-state index contributed by atoms with van der Waals surface area (Å²) in [7, 11) is 0. The molecule has 0 spiro atoms. The highest BCUT2D eigenvalue weighted by molar-refractivity contribution is 7.98. The van der Waals surface area contributed by atoms with Gasteiger partial charge < -0.3 is 10.6 Å². The molecule has 3 aromatic rings. The van der Waals surface area contributed by atoms with E-state index >= 15 is 0 Å². The van der Waals surface area contributed by atoms with Crippen LogP contribution < -0.4 is 10.6 Å². The maximum absolute atomic E-state index is 12.9. The molecule has 142 valence electrons. The van der Waals surface area contributed by atoms with Gasteiger partial charge in [0.25, 0.3) is 5.91 Å². The lowest BCUT2D eigenvalue weighted by molar-refractivity contribution is -0.115. The molecule has 2 amide bonds. The Labute approximate surface area is 166 Å². The standard InChI is InChI=1S/C21H18FN3O2S/c22-17-8-6-16(7-9-17)21(27)24-13-19(26)25-18-10-11-20(23-12-18)28-14-15-4-2-1-3-5-15/h1-12H,13-14H2,(H,24,27)(H,25,26). The Morgan fingerprint density at radius 2 is 1.71 bits per heavy atom. The van der Waals surface area contributed by atoms with E-state index in [-0.39, 0.29) is 18.0 Å². The summed E-state index contributed by atoms with van der Waals surface area (Å²) < 4.78 is 12.9. The van der Waals surface area contributed by atoms with Gasteiger partial charge in [-0.25, -0.2) is 9.37 Å². The lowest BCUT2D eigenvalue weighted by Crippen LogP contribution is -2.32. The molecule has 0 aliphatic rings. The first-order valence-corrected chi connectivity index (χ1v) is 9.55. The van der Waals surface area contributed by atoms with Gasteiger partial charge in [-0.15, -0.1) is 11.8 Å². The maximum atomic E-state index is 12.9. The Bertz CT molecular complexity index is 932. The van der Waals surface area contributed by atoms with Crippen LogP contribution in [0.4, 0.5) is 10.1 Å². The zero-order valence-corrected chi connectivity index (χ0v) is 15.7. The first-order chi connectivity index (χ1) is 13.6. The number of carbonyl (C=O) groups is 2. The van der Waals surface area contributed by atoms with Crippen molar-refractivity contribution in [1.82, 2.24) is 10.3 Å². The average Bonchev–Trinajstić information content (AvgIpc) is 2.73. The molecule has 0 unspecified atom stereocenters. The minimum atomic E-state index is -0.444. The van der Waals surface area contributed by atoms with Gasteiger partial charge in [0.15, 0.2) is 0 Å². The van der Waals surface area contributed by atoms with E-state index in [1.54, 1.807) is 24.0 Å². The molecule has 1 aromatic heterocycles. The number of rotatable bonds is 7. The molecule has 0 atom stereocenters. The number of halogens is 1. The monoisotopic (exact) mass is 395 g/mol. The van der Waals surface area contributed by atoms with Gasteiger partial charge in [0.1, 0.15) is 5.82 Å². The summed E-state index contributed by atoms with van der Waals surface area (Å²) in [5.41, 5.74) is 2.05. The van der Waals surface area contributed by atoms with Crippen LogP contribution in [-0.4, -0.2) is 23.3 Å². The zero-order chi connectivity index (χ0) is 19.8. The summed E-state index contributed by atoms with van der Waals surface area (Å²) in [6, 6.07) is 18.8. The normalized spacial score (nSPS) is 10.3. The van der Waals surface area contributed by atoms with Gasteiger partial charge in [0, 0.05) is 11.3 Å². The molecule has 0 fully saturated rings. The van der Waals surface area contributed by atoms with Crippen molar-refractivity contribution < 1.29 is 14.0 Å². The first kappa shape index (κ1) is 19.6. The van der Waals surface area contributed by atoms with Crippen molar-refractivity contribution in [3.63, 3.8) is 0 Å². The molecule has 0 aliphatic carbocycles. The summed E-state index contributed by atoms with van der Waals surface area (Å²) in [6.07, 6.45) is 1.58. The quantitative estimate of drug-likeness (QED) is 0.596. The molecule has 0 radical (unpaired) electrons. The molecule has 7 heteroatoms. The number of nitrogens with zero attached hydrogens (tertiary/aromatic N) is 1. The van der Waals surface area contributed by atoms with Gasteiger partial charge in [-0.2, -0.15) is 0 Å². The Balaban J connectivity index is 1.45. The van der Waals surface area contributed by atoms with Gasteiger partial charge in [0.05, 0.1) is 23.5 Å². The van der Waals surface area contributed by atoms with Crippen LogP contribution in [0.15, 0.2) is 78.0 Å². The Hall–Kier alpha value is -3.19. The third-order valence-corrected chi connectivity index (χ3v) is 4.78. The minimum Gasteiger partial charge on any atom is -0.343 e. The molecule has 5 nitrogen and oxygen atoms in total. The predicted octanol–water partition coefficient (Wildman–Crippen LogP) is 3.88. The van der Waals surface area contributed by atoms with Crippen molar-refractivity contribution in [2.75, 3.05) is 11.9 Å². The largest absolute Gasteiger partial charge is 0.343 e. The number of thioether (sulfide) groups is 1. The summed E-state index contributed by atoms with van der Waals surface area (Å²) in [6.45, 7) is -0.194. The highest BCUT2D eigenvalue weighted by Crippen LogP contribution is 2.21. The third-order valence-electron chi connectivity index (χ3n) is 3.77. The van der Waals surface area contributed by atoms with Gasteiger partial charge in [-0.3, -0.25) is 9.59 Å². The van der Waals surface area contributed by atoms with Crippen LogP contribution in [0, 0.1) is 5.82 Å². The topological polar surface area (TPSA) is 71.1 Å². The molecule has 2 aromatic carbocycles. The lowest BCUT2D eigenvalue weighted by atomic mass is 10.2. The summed E-state index contributed by atoms with van der Waals surface area (Å²) >= 11 is 1.61. The van der Waals surface area contributed by atoms with Crippen molar-refractivity contribution in [2.24, 2.45) is 0 Å². The second kappa shape index (κ2) is 9.66. The van der Waals surface area contributed by atoms with Gasteiger partial charge in [-0.05, 0) is 42.0 Å². The Morgan fingerprint density at radius 3 is 2.39 bits per heavy atom. The van der Waals surface area contributed by atoms with Crippen LogP contribution in [0.2, 0.25) is 0 Å². The smallest absolute Gasteiger partial charge is 0.251 e. The number of amides is 2. The predicted molar refractivity (Wildman–Crippen MR) is 108 cm³/mol. The minimum absolute atomic E-state index is 0.194. The van der Waals surface area contributed by atoms with Crippen molar-refractivity contribution in [2.45, 2.75) is 10.8 Å². The van der Waals surface area contributed by atoms with Crippen molar-refractivity contribution in [3.8, 4) is 0 Å². The molecule has 3 rings (SSSR count). The summed E-state index contributed by atoms with van der Waals surface area (Å²) in [5, 5.41) is 6.02. The van der Waals surface area contributed by atoms with Crippen molar-refractivity contribution in [3.05, 3.63) is 89.9 Å². The molecule has 28 heavy (non-hydrogen) atoms. The van der Waals surface area contributed by atoms with E-state index in [1.165, 1.54) is 29.8 Å². The molecule has 0 aliphatic heterocycles. The van der Waals surface area contributed by atoms with Crippen molar-refractivity contribution >= 4 is 29.3 Å². The molecule has 0 saturated carbocycles. The van der Waals surface area contributed by atoms with Crippen LogP contribution in [0.3, 0.4) is 0 Å². The van der Waals surface area contributed by atoms with E-state index in [1.807, 2.05) is 24.3 Å². The van der Waals surface area contributed by atoms with Crippen LogP contribution in [0.25, 0.3) is 0 Å². The van der Waals surface area contributed by atoms with E-state index in [2.05, 4.69) is 27.8 Å². The second-order valence-electron chi connectivity index (χ2n) is 5.90. The van der Waals surface area contributed by atoms with Gasteiger partial charge in [-0.1, -0.05) is 30.3 Å². The van der Waals surface area contributed by atoms with Gasteiger partial charge >= 0.3 is 0 Å². The summed E-state index contributed by atoms with van der Waals surface area (Å²) in [4.78, 5) is 28.2. The lowest BCUT2D eigenvalue weighted by Gasteiger charge is -2.08. The average molecular weight is 395 g/mol. The number of aromatic nitrogens is 1. The highest BCUT2D eigenvalue weighted by Gasteiger charge is 2.09. The summed E-state index contributed by atoms with van der Waals surface area (Å²) in [5.74, 6) is -0.426. The van der Waals surface area contributed by atoms with E-state index in [0.717, 1.165) is 10.8 Å². The highest BCUT2D eigenvalue weighted by atomic mass is 32.2. The number of benzene rings is 2. The molecular weight excluding hydrogens is 377 g/mol. The molecule has 2 N–H and O–H groups in total. The Kier molecular flexibility index (Phi) is 6.75. The Morgan fingerprint density at radius 1 is 0.964 bits per heavy atom. The van der Waals surface area contributed by atoms with Crippen LogP contribution in [0.1, 0.15) is 15.9 Å². The molecule has 0 bridgehead atoms. The second-order valence-corrected chi connectivity index (χ2v) is 6.89. The molecule has 0 saturated heterocycles. The fourth-order valence-corrected chi connectivity index (χ4v) is 3.14. The molecular formula is C21H18FN3O2S. The SMILES string of the molecule is O=C(CNC(=O)c1ccc(F)cc1)Nc1ccc(SCc2ccccc2)nc1. The third kappa shape index (κ3) is 5.92. The fraction of sp³-hybridized carbons (Fsp3) is 0.0952. The number of nitrogens with one attached hydrogen (secondary N) is 2. The van der Waals surface area contributed by atoms with Crippen LogP contribution in [-0.2, 0) is 10.5 Å². The number of hydrogen-bond donors (Lipinski definition) is 2. The van der Waals surface area contributed by atoms with Crippen LogP contribution >= 0.6 is 11.8 Å². The number of carbonyl (C=O) groups excluding carboxylic acids is 2. The number of anilines is 1. The van der Waals surface area contributed by atoms with E-state index in [0.29, 0.717) is 5.69 Å². The van der Waals surface area contributed by atoms with Gasteiger partial charge in [0.2, 0.25) is 5.91 Å².